The van der Waals surface area contributed by atoms with E-state index in [9.17, 15) is 13.2 Å². The van der Waals surface area contributed by atoms with Crippen molar-refractivity contribution < 1.29 is 27.4 Å². The first-order valence-electron chi connectivity index (χ1n) is 9.84. The van der Waals surface area contributed by atoms with Gasteiger partial charge in [-0.15, -0.1) is 0 Å². The zero-order valence-corrected chi connectivity index (χ0v) is 18.5. The van der Waals surface area contributed by atoms with Crippen LogP contribution in [-0.2, 0) is 17.5 Å². The van der Waals surface area contributed by atoms with Gasteiger partial charge in [-0.25, -0.2) is 15.0 Å². The molecule has 1 aromatic carbocycles. The first-order chi connectivity index (χ1) is 15.0. The van der Waals surface area contributed by atoms with Crippen molar-refractivity contribution in [3.8, 4) is 11.5 Å². The zero-order valence-electron chi connectivity index (χ0n) is 18.5. The van der Waals surface area contributed by atoms with Crippen LogP contribution in [0.2, 0.25) is 0 Å². The number of halogens is 3. The van der Waals surface area contributed by atoms with Gasteiger partial charge in [0.25, 0.3) is 0 Å². The molecule has 0 aliphatic carbocycles. The lowest BCUT2D eigenvalue weighted by Crippen LogP contribution is -2.30. The van der Waals surface area contributed by atoms with E-state index < -0.39 is 17.5 Å². The number of rotatable bonds is 8. The van der Waals surface area contributed by atoms with Gasteiger partial charge in [0, 0.05) is 18.6 Å². The van der Waals surface area contributed by atoms with Crippen LogP contribution in [0.1, 0.15) is 31.1 Å². The quantitative estimate of drug-likeness (QED) is 0.529. The highest BCUT2D eigenvalue weighted by Gasteiger charge is 2.32. The topological polar surface area (TPSA) is 78.4 Å². The summed E-state index contributed by atoms with van der Waals surface area (Å²) in [5.41, 5.74) is -0.620. The Morgan fingerprint density at radius 1 is 1.00 bits per heavy atom. The largest absolute Gasteiger partial charge is 0.493 e. The number of ether oxygens (including phenoxy) is 3. The molecule has 2 heterocycles. The second-order valence-electron chi connectivity index (χ2n) is 7.76. The number of anilines is 1. The highest BCUT2D eigenvalue weighted by Crippen LogP contribution is 2.35. The maximum absolute atomic E-state index is 13.0. The molecule has 0 unspecified atom stereocenters. The standard InChI is InChI=1S/C22H25F3N4O3/c1-13-27-16-10-17(30-4)18(32-12-21(2,3)31-5)9-15(16)20(28-13)26-11-14-7-6-8-19(29-14)22(23,24)25/h6-10H,11-12H2,1-5H3,(H,26,27,28). The van der Waals surface area contributed by atoms with E-state index in [1.165, 1.54) is 19.2 Å². The summed E-state index contributed by atoms with van der Waals surface area (Å²) in [7, 11) is 3.13. The molecule has 32 heavy (non-hydrogen) atoms. The highest BCUT2D eigenvalue weighted by molar-refractivity contribution is 5.91. The van der Waals surface area contributed by atoms with E-state index in [0.717, 1.165) is 6.07 Å². The highest BCUT2D eigenvalue weighted by atomic mass is 19.4. The molecular formula is C22H25F3N4O3. The van der Waals surface area contributed by atoms with Crippen molar-refractivity contribution in [2.45, 2.75) is 39.1 Å². The van der Waals surface area contributed by atoms with E-state index in [1.807, 2.05) is 13.8 Å². The Kier molecular flexibility index (Phi) is 6.73. The van der Waals surface area contributed by atoms with Gasteiger partial charge >= 0.3 is 6.18 Å². The van der Waals surface area contributed by atoms with Gasteiger partial charge in [-0.3, -0.25) is 0 Å². The fraction of sp³-hybridized carbons (Fsp3) is 0.409. The van der Waals surface area contributed by atoms with Crippen molar-refractivity contribution >= 4 is 16.7 Å². The number of hydrogen-bond donors (Lipinski definition) is 1. The first kappa shape index (κ1) is 23.5. The van der Waals surface area contributed by atoms with E-state index >= 15 is 0 Å². The Morgan fingerprint density at radius 3 is 2.41 bits per heavy atom. The molecule has 0 aliphatic rings. The smallest absolute Gasteiger partial charge is 0.433 e. The number of benzene rings is 1. The average Bonchev–Trinajstić information content (AvgIpc) is 2.75. The number of methoxy groups -OCH3 is 2. The molecule has 0 fully saturated rings. The minimum atomic E-state index is -4.51. The van der Waals surface area contributed by atoms with Gasteiger partial charge in [0.15, 0.2) is 11.5 Å². The number of fused-ring (bicyclic) bond motifs is 1. The van der Waals surface area contributed by atoms with Gasteiger partial charge in [0.2, 0.25) is 0 Å². The lowest BCUT2D eigenvalue weighted by Gasteiger charge is -2.23. The van der Waals surface area contributed by atoms with E-state index in [1.54, 1.807) is 26.2 Å². The summed E-state index contributed by atoms with van der Waals surface area (Å²) in [5.74, 6) is 1.91. The summed E-state index contributed by atoms with van der Waals surface area (Å²) in [5, 5.41) is 3.70. The summed E-state index contributed by atoms with van der Waals surface area (Å²) >= 11 is 0. The molecule has 0 radical (unpaired) electrons. The number of pyridine rings is 1. The van der Waals surface area contributed by atoms with Crippen molar-refractivity contribution in [2.75, 3.05) is 26.1 Å². The number of nitrogens with one attached hydrogen (secondary N) is 1. The molecule has 2 aromatic heterocycles. The molecule has 0 bridgehead atoms. The molecule has 7 nitrogen and oxygen atoms in total. The van der Waals surface area contributed by atoms with Crippen molar-refractivity contribution in [3.05, 3.63) is 47.5 Å². The van der Waals surface area contributed by atoms with Crippen LogP contribution in [0.15, 0.2) is 30.3 Å². The summed E-state index contributed by atoms with van der Waals surface area (Å²) in [6.07, 6.45) is -4.51. The van der Waals surface area contributed by atoms with E-state index in [4.69, 9.17) is 14.2 Å². The van der Waals surface area contributed by atoms with Crippen LogP contribution in [-0.4, -0.2) is 41.4 Å². The number of nitrogens with zero attached hydrogens (tertiary/aromatic N) is 3. The fourth-order valence-corrected chi connectivity index (χ4v) is 2.88. The normalized spacial score (nSPS) is 12.1. The third-order valence-corrected chi connectivity index (χ3v) is 4.75. The van der Waals surface area contributed by atoms with E-state index in [0.29, 0.717) is 34.0 Å². The third-order valence-electron chi connectivity index (χ3n) is 4.75. The molecule has 0 spiro atoms. The van der Waals surface area contributed by atoms with Gasteiger partial charge < -0.3 is 19.5 Å². The number of hydrogen-bond acceptors (Lipinski definition) is 7. The molecule has 0 aliphatic heterocycles. The van der Waals surface area contributed by atoms with E-state index in [2.05, 4.69) is 20.3 Å². The van der Waals surface area contributed by atoms with Gasteiger partial charge in [-0.2, -0.15) is 13.2 Å². The Morgan fingerprint density at radius 2 is 1.75 bits per heavy atom. The number of aryl methyl sites for hydroxylation is 1. The Balaban J connectivity index is 1.93. The molecule has 0 saturated heterocycles. The Labute approximate surface area is 184 Å². The second-order valence-corrected chi connectivity index (χ2v) is 7.76. The fourth-order valence-electron chi connectivity index (χ4n) is 2.88. The minimum absolute atomic E-state index is 0.0500. The average molecular weight is 450 g/mol. The number of aromatic nitrogens is 3. The lowest BCUT2D eigenvalue weighted by atomic mass is 10.1. The number of alkyl halides is 3. The maximum atomic E-state index is 13.0. The molecule has 172 valence electrons. The van der Waals surface area contributed by atoms with Crippen molar-refractivity contribution in [1.29, 1.82) is 0 Å². The molecule has 10 heteroatoms. The summed E-state index contributed by atoms with van der Waals surface area (Å²) in [6.45, 7) is 5.83. The minimum Gasteiger partial charge on any atom is -0.493 e. The zero-order chi connectivity index (χ0) is 23.5. The molecule has 3 aromatic rings. The van der Waals surface area contributed by atoms with Crippen molar-refractivity contribution in [3.63, 3.8) is 0 Å². The lowest BCUT2D eigenvalue weighted by molar-refractivity contribution is -0.141. The van der Waals surface area contributed by atoms with Crippen LogP contribution in [0.5, 0.6) is 11.5 Å². The van der Waals surface area contributed by atoms with Crippen LogP contribution in [0.3, 0.4) is 0 Å². The maximum Gasteiger partial charge on any atom is 0.433 e. The van der Waals surface area contributed by atoms with Crippen molar-refractivity contribution in [2.24, 2.45) is 0 Å². The van der Waals surface area contributed by atoms with Crippen molar-refractivity contribution in [1.82, 2.24) is 15.0 Å². The van der Waals surface area contributed by atoms with E-state index in [-0.39, 0.29) is 18.8 Å². The summed E-state index contributed by atoms with van der Waals surface area (Å²) in [6, 6.07) is 7.24. The van der Waals surface area contributed by atoms with Crippen LogP contribution in [0, 0.1) is 6.92 Å². The van der Waals surface area contributed by atoms with Crippen LogP contribution < -0.4 is 14.8 Å². The summed E-state index contributed by atoms with van der Waals surface area (Å²) in [4.78, 5) is 12.5. The first-order valence-corrected chi connectivity index (χ1v) is 9.84. The van der Waals surface area contributed by atoms with Crippen LogP contribution >= 0.6 is 0 Å². The Bertz CT molecular complexity index is 1100. The molecule has 1 N–H and O–H groups in total. The summed E-state index contributed by atoms with van der Waals surface area (Å²) < 4.78 is 55.6. The molecule has 0 amide bonds. The molecule has 0 atom stereocenters. The van der Waals surface area contributed by atoms with Gasteiger partial charge in [0.1, 0.15) is 23.9 Å². The second kappa shape index (κ2) is 9.15. The predicted molar refractivity (Wildman–Crippen MR) is 114 cm³/mol. The molecule has 3 rings (SSSR count). The van der Waals surface area contributed by atoms with Crippen LogP contribution in [0.25, 0.3) is 10.9 Å². The SMILES string of the molecule is COc1cc2nc(C)nc(NCc3cccc(C(F)(F)F)n3)c2cc1OCC(C)(C)OC. The van der Waals surface area contributed by atoms with Gasteiger partial charge in [0.05, 0.1) is 30.5 Å². The molecular weight excluding hydrogens is 425 g/mol. The molecule has 0 saturated carbocycles. The van der Waals surface area contributed by atoms with Crippen LogP contribution in [0.4, 0.5) is 19.0 Å². The Hall–Kier alpha value is -3.14. The third kappa shape index (κ3) is 5.56. The predicted octanol–water partition coefficient (Wildman–Crippen LogP) is 4.78. The van der Waals surface area contributed by atoms with Gasteiger partial charge in [-0.1, -0.05) is 6.07 Å². The monoisotopic (exact) mass is 450 g/mol. The van der Waals surface area contributed by atoms with Gasteiger partial charge in [-0.05, 0) is 39.0 Å².